The number of nitro groups is 1. The average Bonchev–Trinajstić information content (AvgIpc) is 3.54. The summed E-state index contributed by atoms with van der Waals surface area (Å²) < 4.78 is 1.75. The summed E-state index contributed by atoms with van der Waals surface area (Å²) >= 11 is 1.41. The number of aromatic nitrogens is 2. The van der Waals surface area contributed by atoms with E-state index in [1.807, 2.05) is 23.7 Å². The quantitative estimate of drug-likeness (QED) is 0.195. The number of thiazole rings is 1. The van der Waals surface area contributed by atoms with Crippen LogP contribution in [0.15, 0.2) is 82.3 Å². The Balaban J connectivity index is 1.57. The average molecular weight is 472 g/mol. The number of hydrogen-bond donors (Lipinski definition) is 1. The summed E-state index contributed by atoms with van der Waals surface area (Å²) in [5.41, 5.74) is 4.44. The van der Waals surface area contributed by atoms with Crippen LogP contribution in [-0.4, -0.2) is 20.8 Å². The molecule has 5 rings (SSSR count). The number of H-pyrrole nitrogens is 1. The number of nitro benzene ring substituents is 1. The van der Waals surface area contributed by atoms with Gasteiger partial charge in [-0.2, -0.15) is 5.10 Å². The molecule has 0 spiro atoms. The second-order valence-electron chi connectivity index (χ2n) is 8.40. The van der Waals surface area contributed by atoms with E-state index in [2.05, 4.69) is 39.3 Å². The number of para-hydroxylation sites is 2. The van der Waals surface area contributed by atoms with E-state index in [0.717, 1.165) is 17.0 Å². The monoisotopic (exact) mass is 471 g/mol. The number of nitrogens with one attached hydrogen (secondary N) is 1. The van der Waals surface area contributed by atoms with Crippen molar-refractivity contribution < 1.29 is 4.92 Å². The van der Waals surface area contributed by atoms with Crippen LogP contribution in [0.5, 0.6) is 0 Å². The summed E-state index contributed by atoms with van der Waals surface area (Å²) in [6, 6.07) is 19.1. The van der Waals surface area contributed by atoms with Gasteiger partial charge in [0.1, 0.15) is 5.69 Å². The minimum Gasteiger partial charge on any atom is -0.360 e. The Kier molecular flexibility index (Phi) is 6.49. The highest BCUT2D eigenvalue weighted by atomic mass is 32.1. The second kappa shape index (κ2) is 10.0. The van der Waals surface area contributed by atoms with E-state index in [4.69, 9.17) is 0 Å². The van der Waals surface area contributed by atoms with E-state index in [0.29, 0.717) is 16.4 Å². The van der Waals surface area contributed by atoms with Crippen molar-refractivity contribution in [2.45, 2.75) is 38.0 Å². The molecule has 1 aliphatic carbocycles. The van der Waals surface area contributed by atoms with Crippen molar-refractivity contribution in [1.29, 1.82) is 0 Å². The lowest BCUT2D eigenvalue weighted by Crippen LogP contribution is -2.12. The fourth-order valence-corrected chi connectivity index (χ4v) is 5.26. The van der Waals surface area contributed by atoms with Crippen molar-refractivity contribution in [3.63, 3.8) is 0 Å². The largest absolute Gasteiger partial charge is 0.360 e. The first-order chi connectivity index (χ1) is 16.7. The van der Waals surface area contributed by atoms with Crippen LogP contribution in [0.2, 0.25) is 0 Å². The molecule has 172 valence electrons. The Hall–Kier alpha value is -3.78. The highest BCUT2D eigenvalue weighted by Crippen LogP contribution is 2.34. The maximum absolute atomic E-state index is 11.5. The highest BCUT2D eigenvalue weighted by molar-refractivity contribution is 7.07. The maximum atomic E-state index is 11.5. The first-order valence-corrected chi connectivity index (χ1v) is 12.3. The zero-order valence-electron chi connectivity index (χ0n) is 18.6. The summed E-state index contributed by atoms with van der Waals surface area (Å²) in [5.74, 6) is 0.646. The van der Waals surface area contributed by atoms with Gasteiger partial charge in [0.2, 0.25) is 4.80 Å². The second-order valence-corrected chi connectivity index (χ2v) is 9.24. The van der Waals surface area contributed by atoms with Crippen LogP contribution in [-0.2, 0) is 0 Å². The molecular weight excluding hydrogens is 446 g/mol. The fourth-order valence-electron chi connectivity index (χ4n) is 4.41. The number of rotatable bonds is 6. The van der Waals surface area contributed by atoms with Crippen molar-refractivity contribution in [3.05, 3.63) is 98.4 Å². The van der Waals surface area contributed by atoms with Crippen molar-refractivity contribution in [1.82, 2.24) is 9.66 Å². The molecule has 4 aromatic rings. The van der Waals surface area contributed by atoms with Gasteiger partial charge in [-0.1, -0.05) is 55.7 Å². The lowest BCUT2D eigenvalue weighted by molar-refractivity contribution is -0.384. The lowest BCUT2D eigenvalue weighted by atomic mass is 9.84. The summed E-state index contributed by atoms with van der Waals surface area (Å²) in [7, 11) is 0. The summed E-state index contributed by atoms with van der Waals surface area (Å²) in [6.45, 7) is 0. The SMILES string of the molecule is O=[N+]([O-])c1ccccc1N=c1scc(-c2ccc(C3CCCCC3)cc2)n1N=Cc1ccc[nH]1. The normalized spacial score (nSPS) is 15.2. The molecule has 1 aliphatic rings. The minimum atomic E-state index is -0.413. The summed E-state index contributed by atoms with van der Waals surface area (Å²) in [5, 5.41) is 18.1. The molecule has 0 radical (unpaired) electrons. The molecule has 1 fully saturated rings. The zero-order valence-corrected chi connectivity index (χ0v) is 19.4. The van der Waals surface area contributed by atoms with Crippen molar-refractivity contribution in [2.24, 2.45) is 10.1 Å². The van der Waals surface area contributed by atoms with Crippen LogP contribution in [0.4, 0.5) is 11.4 Å². The van der Waals surface area contributed by atoms with Gasteiger partial charge in [-0.15, -0.1) is 11.3 Å². The molecule has 0 aliphatic heterocycles. The van der Waals surface area contributed by atoms with Crippen molar-refractivity contribution in [2.75, 3.05) is 0 Å². The van der Waals surface area contributed by atoms with Crippen LogP contribution in [0.25, 0.3) is 11.3 Å². The van der Waals surface area contributed by atoms with Gasteiger partial charge >= 0.3 is 0 Å². The molecule has 34 heavy (non-hydrogen) atoms. The Morgan fingerprint density at radius 3 is 2.56 bits per heavy atom. The molecule has 0 bridgehead atoms. The molecule has 2 aromatic heterocycles. The smallest absolute Gasteiger partial charge is 0.294 e. The van der Waals surface area contributed by atoms with Gasteiger partial charge in [0, 0.05) is 23.2 Å². The maximum Gasteiger partial charge on any atom is 0.294 e. The predicted octanol–water partition coefficient (Wildman–Crippen LogP) is 6.62. The van der Waals surface area contributed by atoms with Crippen LogP contribution >= 0.6 is 11.3 Å². The molecule has 7 nitrogen and oxygen atoms in total. The number of aromatic amines is 1. The third-order valence-electron chi connectivity index (χ3n) is 6.20. The standard InChI is InChI=1S/C26H25N5O2S/c32-31(33)24-11-5-4-10-23(24)29-26-30(28-17-22-9-6-16-27-22)25(18-34-26)21-14-12-20(13-15-21)19-7-2-1-3-8-19/h4-6,9-19,27H,1-3,7-8H2. The zero-order chi connectivity index (χ0) is 23.3. The molecular formula is C26H25N5O2S. The van der Waals surface area contributed by atoms with E-state index >= 15 is 0 Å². The molecule has 0 atom stereocenters. The van der Waals surface area contributed by atoms with Crippen LogP contribution in [0.1, 0.15) is 49.3 Å². The van der Waals surface area contributed by atoms with Gasteiger partial charge in [-0.05, 0) is 42.5 Å². The summed E-state index contributed by atoms with van der Waals surface area (Å²) in [4.78, 5) is 19.4. The first-order valence-electron chi connectivity index (χ1n) is 11.5. The minimum absolute atomic E-state index is 0.0332. The van der Waals surface area contributed by atoms with Gasteiger partial charge in [-0.25, -0.2) is 9.67 Å². The molecule has 0 amide bonds. The molecule has 2 aromatic carbocycles. The number of nitrogens with zero attached hydrogens (tertiary/aromatic N) is 4. The molecule has 8 heteroatoms. The Bertz CT molecular complexity index is 1360. The molecule has 1 N–H and O–H groups in total. The Morgan fingerprint density at radius 1 is 1.03 bits per heavy atom. The molecule has 0 saturated heterocycles. The van der Waals surface area contributed by atoms with Crippen molar-refractivity contribution in [3.8, 4) is 11.3 Å². The van der Waals surface area contributed by atoms with Gasteiger partial charge in [0.05, 0.1) is 22.5 Å². The highest BCUT2D eigenvalue weighted by Gasteiger charge is 2.17. The Labute approximate surface area is 201 Å². The van der Waals surface area contributed by atoms with Crippen LogP contribution in [0.3, 0.4) is 0 Å². The molecule has 0 unspecified atom stereocenters. The van der Waals surface area contributed by atoms with Crippen LogP contribution < -0.4 is 4.80 Å². The summed E-state index contributed by atoms with van der Waals surface area (Å²) in [6.07, 6.45) is 10.0. The van der Waals surface area contributed by atoms with Gasteiger partial charge in [0.25, 0.3) is 5.69 Å². The van der Waals surface area contributed by atoms with Crippen molar-refractivity contribution >= 4 is 28.9 Å². The topological polar surface area (TPSA) is 88.6 Å². The van der Waals surface area contributed by atoms with Gasteiger partial charge in [-0.3, -0.25) is 10.1 Å². The van der Waals surface area contributed by atoms with E-state index in [-0.39, 0.29) is 5.69 Å². The predicted molar refractivity (Wildman–Crippen MR) is 136 cm³/mol. The molecule has 2 heterocycles. The third kappa shape index (κ3) is 4.77. The van der Waals surface area contributed by atoms with Gasteiger partial charge in [0.15, 0.2) is 0 Å². The third-order valence-corrected chi connectivity index (χ3v) is 7.01. The molecule has 1 saturated carbocycles. The number of benzene rings is 2. The Morgan fingerprint density at radius 2 is 1.82 bits per heavy atom. The van der Waals surface area contributed by atoms with E-state index in [1.165, 1.54) is 55.1 Å². The fraction of sp³-hybridized carbons (Fsp3) is 0.231. The van der Waals surface area contributed by atoms with E-state index < -0.39 is 4.92 Å². The van der Waals surface area contributed by atoms with Gasteiger partial charge < -0.3 is 4.98 Å². The number of hydrogen-bond acceptors (Lipinski definition) is 5. The van der Waals surface area contributed by atoms with E-state index in [9.17, 15) is 10.1 Å². The van der Waals surface area contributed by atoms with Crippen LogP contribution in [0, 0.1) is 10.1 Å². The van der Waals surface area contributed by atoms with E-state index in [1.54, 1.807) is 29.1 Å². The lowest BCUT2D eigenvalue weighted by Gasteiger charge is -2.22. The first kappa shape index (κ1) is 22.0.